The Bertz CT molecular complexity index is 1160. The molecule has 1 aromatic heterocycles. The Morgan fingerprint density at radius 2 is 1.90 bits per heavy atom. The third-order valence-electron chi connectivity index (χ3n) is 4.51. The van der Waals surface area contributed by atoms with Crippen LogP contribution in [0, 0.1) is 11.6 Å². The number of nitrogens with zero attached hydrogens (tertiary/aromatic N) is 2. The smallest absolute Gasteiger partial charge is 0.284 e. The number of benzene rings is 2. The van der Waals surface area contributed by atoms with Crippen molar-refractivity contribution in [2.75, 3.05) is 0 Å². The van der Waals surface area contributed by atoms with Crippen molar-refractivity contribution in [3.8, 4) is 16.9 Å². The number of carbonyl (C=O) groups excluding carboxylic acids is 1. The van der Waals surface area contributed by atoms with Gasteiger partial charge < -0.3 is 10.4 Å². The highest BCUT2D eigenvalue weighted by Gasteiger charge is 2.21. The second kappa shape index (κ2) is 8.73. The summed E-state index contributed by atoms with van der Waals surface area (Å²) in [4.78, 5) is 25.6. The molecule has 0 saturated heterocycles. The summed E-state index contributed by atoms with van der Waals surface area (Å²) in [5, 5.41) is 16.2. The molecular formula is C21H18ClF2N3O3. The summed E-state index contributed by atoms with van der Waals surface area (Å²) < 4.78 is 28.5. The third-order valence-corrected chi connectivity index (χ3v) is 4.81. The van der Waals surface area contributed by atoms with Gasteiger partial charge in [0, 0.05) is 5.56 Å². The second-order valence-electron chi connectivity index (χ2n) is 6.77. The van der Waals surface area contributed by atoms with Gasteiger partial charge in [-0.1, -0.05) is 23.7 Å². The number of hydrogen-bond acceptors (Lipinski definition) is 4. The zero-order chi connectivity index (χ0) is 22.0. The number of amides is 1. The first-order valence-electron chi connectivity index (χ1n) is 9.02. The first-order valence-corrected chi connectivity index (χ1v) is 9.40. The van der Waals surface area contributed by atoms with Crippen LogP contribution in [0.1, 0.15) is 24.2 Å². The number of aliphatic hydroxyl groups excluding tert-OH is 1. The molecule has 0 spiro atoms. The molecule has 0 bridgehead atoms. The minimum atomic E-state index is -0.855. The third kappa shape index (κ3) is 4.55. The summed E-state index contributed by atoms with van der Waals surface area (Å²) in [6.45, 7) is 3.06. The normalized spacial score (nSPS) is 13.0. The highest BCUT2D eigenvalue weighted by Crippen LogP contribution is 2.23. The van der Waals surface area contributed by atoms with E-state index in [1.54, 1.807) is 6.92 Å². The van der Waals surface area contributed by atoms with Crippen LogP contribution in [-0.2, 0) is 0 Å². The van der Waals surface area contributed by atoms with Gasteiger partial charge in [0.2, 0.25) is 0 Å². The van der Waals surface area contributed by atoms with Crippen molar-refractivity contribution >= 4 is 17.5 Å². The summed E-state index contributed by atoms with van der Waals surface area (Å²) >= 11 is 5.73. The molecule has 9 heteroatoms. The van der Waals surface area contributed by atoms with E-state index in [9.17, 15) is 23.5 Å². The summed E-state index contributed by atoms with van der Waals surface area (Å²) in [5.41, 5.74) is -0.640. The molecule has 0 aliphatic carbocycles. The number of nitrogens with one attached hydrogen (secondary N) is 1. The fourth-order valence-electron chi connectivity index (χ4n) is 2.64. The molecule has 3 aromatic rings. The van der Waals surface area contributed by atoms with Crippen LogP contribution in [0.4, 0.5) is 8.78 Å². The van der Waals surface area contributed by atoms with E-state index in [1.165, 1.54) is 43.3 Å². The number of hydrogen-bond donors (Lipinski definition) is 2. The van der Waals surface area contributed by atoms with Gasteiger partial charge in [-0.3, -0.25) is 9.59 Å². The highest BCUT2D eigenvalue weighted by atomic mass is 35.5. The van der Waals surface area contributed by atoms with Crippen molar-refractivity contribution in [2.45, 2.75) is 26.0 Å². The molecule has 0 radical (unpaired) electrons. The van der Waals surface area contributed by atoms with Crippen molar-refractivity contribution in [1.82, 2.24) is 15.1 Å². The van der Waals surface area contributed by atoms with Crippen LogP contribution in [0.5, 0.6) is 0 Å². The Morgan fingerprint density at radius 1 is 1.17 bits per heavy atom. The predicted octanol–water partition coefficient (Wildman–Crippen LogP) is 3.33. The predicted molar refractivity (Wildman–Crippen MR) is 109 cm³/mol. The van der Waals surface area contributed by atoms with Crippen LogP contribution in [0.25, 0.3) is 16.9 Å². The molecule has 0 saturated carbocycles. The quantitative estimate of drug-likeness (QED) is 0.646. The highest BCUT2D eigenvalue weighted by molar-refractivity contribution is 6.30. The molecule has 6 nitrogen and oxygen atoms in total. The number of halogens is 3. The van der Waals surface area contributed by atoms with Crippen LogP contribution in [0.15, 0.2) is 53.3 Å². The fraction of sp³-hybridized carbons (Fsp3) is 0.190. The van der Waals surface area contributed by atoms with Crippen molar-refractivity contribution < 1.29 is 18.7 Å². The van der Waals surface area contributed by atoms with E-state index in [0.717, 1.165) is 16.8 Å². The molecule has 2 atom stereocenters. The topological polar surface area (TPSA) is 84.2 Å². The van der Waals surface area contributed by atoms with Gasteiger partial charge in [-0.15, -0.1) is 0 Å². The lowest BCUT2D eigenvalue weighted by atomic mass is 10.1. The monoisotopic (exact) mass is 433 g/mol. The molecular weight excluding hydrogens is 416 g/mol. The zero-order valence-electron chi connectivity index (χ0n) is 16.1. The van der Waals surface area contributed by atoms with Crippen molar-refractivity contribution in [3.63, 3.8) is 0 Å². The van der Waals surface area contributed by atoms with E-state index in [-0.39, 0.29) is 27.5 Å². The number of aliphatic hydroxyl groups is 1. The van der Waals surface area contributed by atoms with Gasteiger partial charge in [-0.05, 0) is 50.2 Å². The fourth-order valence-corrected chi connectivity index (χ4v) is 2.76. The van der Waals surface area contributed by atoms with Gasteiger partial charge in [0.25, 0.3) is 11.5 Å². The minimum Gasteiger partial charge on any atom is -0.391 e. The van der Waals surface area contributed by atoms with Gasteiger partial charge in [0.15, 0.2) is 0 Å². The standard InChI is InChI=1S/C21H18ClF2N3O3/c1-11(12(2)28)25-20(29)16-10-19(13-6-7-17(22)18(24)8-13)26-27(21(16)30)15-5-3-4-14(23)9-15/h3-12,28H,1-2H3,(H,25,29). The average molecular weight is 434 g/mol. The lowest BCUT2D eigenvalue weighted by Crippen LogP contribution is -2.42. The van der Waals surface area contributed by atoms with Gasteiger partial charge >= 0.3 is 0 Å². The molecule has 1 heterocycles. The zero-order valence-corrected chi connectivity index (χ0v) is 16.8. The van der Waals surface area contributed by atoms with Crippen molar-refractivity contribution in [2.24, 2.45) is 0 Å². The first-order chi connectivity index (χ1) is 14.2. The summed E-state index contributed by atoms with van der Waals surface area (Å²) in [6, 6.07) is 9.62. The van der Waals surface area contributed by atoms with Gasteiger partial charge in [-0.2, -0.15) is 9.78 Å². The largest absolute Gasteiger partial charge is 0.391 e. The molecule has 0 aliphatic rings. The van der Waals surface area contributed by atoms with Gasteiger partial charge in [-0.25, -0.2) is 8.78 Å². The van der Waals surface area contributed by atoms with Crippen LogP contribution in [0.3, 0.4) is 0 Å². The first kappa shape index (κ1) is 21.6. The van der Waals surface area contributed by atoms with Crippen molar-refractivity contribution in [1.29, 1.82) is 0 Å². The SMILES string of the molecule is CC(O)C(C)NC(=O)c1cc(-c2ccc(Cl)c(F)c2)nn(-c2cccc(F)c2)c1=O. The van der Waals surface area contributed by atoms with Crippen LogP contribution < -0.4 is 10.9 Å². The molecule has 30 heavy (non-hydrogen) atoms. The number of carbonyl (C=O) groups is 1. The summed E-state index contributed by atoms with van der Waals surface area (Å²) in [6.07, 6.45) is -0.855. The molecule has 1 amide bonds. The Morgan fingerprint density at radius 3 is 2.53 bits per heavy atom. The molecule has 2 unspecified atom stereocenters. The molecule has 2 N–H and O–H groups in total. The molecule has 0 aliphatic heterocycles. The summed E-state index contributed by atoms with van der Waals surface area (Å²) in [5.74, 6) is -2.05. The maximum atomic E-state index is 14.0. The number of rotatable bonds is 5. The lowest BCUT2D eigenvalue weighted by molar-refractivity contribution is 0.0871. The summed E-state index contributed by atoms with van der Waals surface area (Å²) in [7, 11) is 0. The number of aromatic nitrogens is 2. The maximum Gasteiger partial charge on any atom is 0.284 e. The van der Waals surface area contributed by atoms with E-state index in [2.05, 4.69) is 10.4 Å². The lowest BCUT2D eigenvalue weighted by Gasteiger charge is -2.17. The van der Waals surface area contributed by atoms with Crippen molar-refractivity contribution in [3.05, 3.63) is 81.1 Å². The Hall–Kier alpha value is -3.10. The minimum absolute atomic E-state index is 0.0916. The Balaban J connectivity index is 2.20. The van der Waals surface area contributed by atoms with Crippen LogP contribution in [0.2, 0.25) is 5.02 Å². The molecule has 2 aromatic carbocycles. The van der Waals surface area contributed by atoms with Crippen LogP contribution in [-0.4, -0.2) is 32.9 Å². The van der Waals surface area contributed by atoms with E-state index in [4.69, 9.17) is 11.6 Å². The second-order valence-corrected chi connectivity index (χ2v) is 7.18. The van der Waals surface area contributed by atoms with E-state index in [1.807, 2.05) is 0 Å². The Kier molecular flexibility index (Phi) is 6.28. The van der Waals surface area contributed by atoms with Gasteiger partial charge in [0.05, 0.1) is 28.5 Å². The Labute approximate surface area is 175 Å². The van der Waals surface area contributed by atoms with Crippen LogP contribution >= 0.6 is 11.6 Å². The molecule has 0 fully saturated rings. The average Bonchev–Trinajstić information content (AvgIpc) is 2.70. The van der Waals surface area contributed by atoms with Gasteiger partial charge in [0.1, 0.15) is 17.2 Å². The van der Waals surface area contributed by atoms with E-state index >= 15 is 0 Å². The maximum absolute atomic E-state index is 14.0. The van der Waals surface area contributed by atoms with E-state index in [0.29, 0.717) is 0 Å². The van der Waals surface area contributed by atoms with E-state index < -0.39 is 35.2 Å². The molecule has 3 rings (SSSR count). The molecule has 156 valence electrons.